The van der Waals surface area contributed by atoms with Crippen LogP contribution in [0.25, 0.3) is 10.9 Å². The molecule has 1 N–H and O–H groups in total. The first kappa shape index (κ1) is 24.9. The predicted octanol–water partition coefficient (Wildman–Crippen LogP) is 5.86. The van der Waals surface area contributed by atoms with Crippen LogP contribution in [0.5, 0.6) is 5.88 Å². The van der Waals surface area contributed by atoms with Crippen molar-refractivity contribution in [2.45, 2.75) is 90.3 Å². The largest absolute Gasteiger partial charge is 0.472 e. The smallest absolute Gasteiger partial charge is 0.250 e. The van der Waals surface area contributed by atoms with Gasteiger partial charge in [0, 0.05) is 42.4 Å². The Morgan fingerprint density at radius 1 is 1.11 bits per heavy atom. The third-order valence-electron chi connectivity index (χ3n) is 7.94. The molecule has 0 amide bonds. The van der Waals surface area contributed by atoms with Crippen molar-refractivity contribution in [3.05, 3.63) is 41.6 Å². The summed E-state index contributed by atoms with van der Waals surface area (Å²) in [5.74, 6) is 1.13. The molecular formula is C28H39FN6O. The van der Waals surface area contributed by atoms with Gasteiger partial charge in [-0.3, -0.25) is 4.68 Å². The second kappa shape index (κ2) is 10.7. The summed E-state index contributed by atoms with van der Waals surface area (Å²) in [6.45, 7) is 11.4. The molecule has 36 heavy (non-hydrogen) atoms. The van der Waals surface area contributed by atoms with Gasteiger partial charge in [0.15, 0.2) is 5.82 Å². The van der Waals surface area contributed by atoms with Crippen LogP contribution in [0.3, 0.4) is 0 Å². The molecule has 5 rings (SSSR count). The zero-order chi connectivity index (χ0) is 25.2. The molecule has 1 aliphatic heterocycles. The van der Waals surface area contributed by atoms with Gasteiger partial charge in [-0.15, -0.1) is 0 Å². The van der Waals surface area contributed by atoms with Crippen molar-refractivity contribution in [2.24, 2.45) is 0 Å². The zero-order valence-electron chi connectivity index (χ0n) is 22.0. The number of likely N-dealkylation sites (tertiary alicyclic amines) is 1. The first-order chi connectivity index (χ1) is 17.4. The Morgan fingerprint density at radius 3 is 2.56 bits per heavy atom. The van der Waals surface area contributed by atoms with E-state index in [-0.39, 0.29) is 17.8 Å². The lowest BCUT2D eigenvalue weighted by atomic mass is 9.91. The third kappa shape index (κ3) is 5.05. The molecular weight excluding hydrogens is 455 g/mol. The number of rotatable bonds is 7. The summed E-state index contributed by atoms with van der Waals surface area (Å²) in [5.41, 5.74) is 2.93. The van der Waals surface area contributed by atoms with Gasteiger partial charge in [-0.1, -0.05) is 0 Å². The first-order valence-electron chi connectivity index (χ1n) is 13.6. The van der Waals surface area contributed by atoms with Crippen LogP contribution < -0.4 is 10.1 Å². The van der Waals surface area contributed by atoms with Crippen LogP contribution in [0.1, 0.15) is 82.5 Å². The molecule has 194 valence electrons. The molecule has 0 radical (unpaired) electrons. The Morgan fingerprint density at radius 2 is 1.86 bits per heavy atom. The Bertz CT molecular complexity index is 1180. The van der Waals surface area contributed by atoms with E-state index in [1.165, 1.54) is 11.1 Å². The molecule has 0 atom stereocenters. The van der Waals surface area contributed by atoms with Gasteiger partial charge in [0.2, 0.25) is 0 Å². The quantitative estimate of drug-likeness (QED) is 0.444. The predicted molar refractivity (Wildman–Crippen MR) is 141 cm³/mol. The standard InChI is InChI=1S/C28H39FN6O/c1-5-30-25-16-24-23(17-32-25)27(20-11-14-34(15-12-20)18(2)3)33-35(24)21-6-8-22(9-7-21)36-28-26(29)19(4)10-13-31-28/h10,13,16-18,20-22H,5-9,11-12,14-15H2,1-4H3,(H,30,32). The number of fused-ring (bicyclic) bond motifs is 1. The highest BCUT2D eigenvalue weighted by molar-refractivity contribution is 5.84. The van der Waals surface area contributed by atoms with Crippen LogP contribution in [-0.2, 0) is 0 Å². The fraction of sp³-hybridized carbons (Fsp3) is 0.607. The van der Waals surface area contributed by atoms with Crippen molar-refractivity contribution in [3.8, 4) is 5.88 Å². The van der Waals surface area contributed by atoms with Crippen molar-refractivity contribution in [1.29, 1.82) is 0 Å². The minimum Gasteiger partial charge on any atom is -0.472 e. The van der Waals surface area contributed by atoms with Gasteiger partial charge >= 0.3 is 0 Å². The Kier molecular flexibility index (Phi) is 7.42. The molecule has 1 aliphatic carbocycles. The Hall–Kier alpha value is -2.74. The number of hydrogen-bond donors (Lipinski definition) is 1. The lowest BCUT2D eigenvalue weighted by Crippen LogP contribution is -2.38. The van der Waals surface area contributed by atoms with Crippen molar-refractivity contribution in [2.75, 3.05) is 25.0 Å². The summed E-state index contributed by atoms with van der Waals surface area (Å²) in [6, 6.07) is 4.71. The van der Waals surface area contributed by atoms with Gasteiger partial charge in [0.1, 0.15) is 11.9 Å². The first-order valence-corrected chi connectivity index (χ1v) is 13.6. The molecule has 3 aromatic heterocycles. The number of anilines is 1. The summed E-state index contributed by atoms with van der Waals surface area (Å²) in [4.78, 5) is 11.4. The number of aromatic nitrogens is 4. The monoisotopic (exact) mass is 494 g/mol. The molecule has 2 fully saturated rings. The normalized spacial score (nSPS) is 21.8. The van der Waals surface area contributed by atoms with Crippen LogP contribution in [-0.4, -0.2) is 56.4 Å². The van der Waals surface area contributed by atoms with Gasteiger partial charge in [0.05, 0.1) is 17.3 Å². The van der Waals surface area contributed by atoms with Crippen LogP contribution in [0, 0.1) is 12.7 Å². The van der Waals surface area contributed by atoms with E-state index in [0.29, 0.717) is 23.6 Å². The lowest BCUT2D eigenvalue weighted by molar-refractivity contribution is 0.120. The van der Waals surface area contributed by atoms with E-state index in [9.17, 15) is 4.39 Å². The second-order valence-corrected chi connectivity index (χ2v) is 10.6. The molecule has 1 saturated heterocycles. The van der Waals surface area contributed by atoms with E-state index in [4.69, 9.17) is 14.8 Å². The summed E-state index contributed by atoms with van der Waals surface area (Å²) >= 11 is 0. The van der Waals surface area contributed by atoms with Gasteiger partial charge in [-0.2, -0.15) is 5.10 Å². The second-order valence-electron chi connectivity index (χ2n) is 10.6. The van der Waals surface area contributed by atoms with Crippen molar-refractivity contribution in [3.63, 3.8) is 0 Å². The molecule has 7 nitrogen and oxygen atoms in total. The number of halogens is 1. The van der Waals surface area contributed by atoms with Crippen LogP contribution in [0.4, 0.5) is 10.2 Å². The molecule has 0 bridgehead atoms. The van der Waals surface area contributed by atoms with E-state index < -0.39 is 0 Å². The third-order valence-corrected chi connectivity index (χ3v) is 7.94. The molecule has 0 spiro atoms. The van der Waals surface area contributed by atoms with E-state index in [1.807, 2.05) is 6.20 Å². The van der Waals surface area contributed by atoms with Crippen molar-refractivity contribution < 1.29 is 9.13 Å². The number of ether oxygens (including phenoxy) is 1. The van der Waals surface area contributed by atoms with Gasteiger partial charge < -0.3 is 15.0 Å². The van der Waals surface area contributed by atoms with E-state index in [1.54, 1.807) is 19.2 Å². The highest BCUT2D eigenvalue weighted by Crippen LogP contribution is 2.38. The summed E-state index contributed by atoms with van der Waals surface area (Å²) in [7, 11) is 0. The minimum atomic E-state index is -0.352. The van der Waals surface area contributed by atoms with E-state index >= 15 is 0 Å². The Balaban J connectivity index is 1.36. The average Bonchev–Trinajstić information content (AvgIpc) is 3.26. The number of nitrogens with one attached hydrogen (secondary N) is 1. The average molecular weight is 495 g/mol. The zero-order valence-corrected chi connectivity index (χ0v) is 22.0. The molecule has 0 unspecified atom stereocenters. The molecule has 1 saturated carbocycles. The minimum absolute atomic E-state index is 0.0225. The Labute approximate surface area is 213 Å². The van der Waals surface area contributed by atoms with E-state index in [2.05, 4.69) is 46.7 Å². The maximum absolute atomic E-state index is 14.4. The molecule has 2 aliphatic rings. The van der Waals surface area contributed by atoms with Crippen LogP contribution in [0.2, 0.25) is 0 Å². The maximum Gasteiger partial charge on any atom is 0.250 e. The molecule has 4 heterocycles. The van der Waals surface area contributed by atoms with Crippen molar-refractivity contribution >= 4 is 16.7 Å². The van der Waals surface area contributed by atoms with Gasteiger partial charge in [-0.05, 0) is 90.9 Å². The van der Waals surface area contributed by atoms with Gasteiger partial charge in [0.25, 0.3) is 5.88 Å². The van der Waals surface area contributed by atoms with E-state index in [0.717, 1.165) is 69.5 Å². The summed E-state index contributed by atoms with van der Waals surface area (Å²) < 4.78 is 22.6. The molecule has 0 aromatic carbocycles. The number of aryl methyl sites for hydroxylation is 1. The highest BCUT2D eigenvalue weighted by Gasteiger charge is 2.30. The topological polar surface area (TPSA) is 68.1 Å². The fourth-order valence-electron chi connectivity index (χ4n) is 5.77. The highest BCUT2D eigenvalue weighted by atomic mass is 19.1. The summed E-state index contributed by atoms with van der Waals surface area (Å²) in [6.07, 6.45) is 9.47. The number of pyridine rings is 2. The number of nitrogens with zero attached hydrogens (tertiary/aromatic N) is 5. The summed E-state index contributed by atoms with van der Waals surface area (Å²) in [5, 5.41) is 9.80. The molecule has 8 heteroatoms. The van der Waals surface area contributed by atoms with Crippen molar-refractivity contribution in [1.82, 2.24) is 24.6 Å². The van der Waals surface area contributed by atoms with Crippen LogP contribution >= 0.6 is 0 Å². The number of piperidine rings is 1. The number of hydrogen-bond acceptors (Lipinski definition) is 6. The van der Waals surface area contributed by atoms with Gasteiger partial charge in [-0.25, -0.2) is 14.4 Å². The SMILES string of the molecule is CCNc1cc2c(cn1)c(C1CCN(C(C)C)CC1)nn2C1CCC(Oc2nccc(C)c2F)CC1. The van der Waals surface area contributed by atoms with Crippen LogP contribution in [0.15, 0.2) is 24.5 Å². The lowest BCUT2D eigenvalue weighted by Gasteiger charge is -2.34. The molecule has 3 aromatic rings. The maximum atomic E-state index is 14.4. The fourth-order valence-corrected chi connectivity index (χ4v) is 5.77.